The Balaban J connectivity index is 2.76. The summed E-state index contributed by atoms with van der Waals surface area (Å²) in [6.07, 6.45) is 0. The van der Waals surface area contributed by atoms with E-state index >= 15 is 0 Å². The molecule has 1 amide bonds. The smallest absolute Gasteiger partial charge is 0.221 e. The van der Waals surface area contributed by atoms with Crippen LogP contribution in [0.1, 0.15) is 12.5 Å². The van der Waals surface area contributed by atoms with Crippen LogP contribution < -0.4 is 5.32 Å². The highest BCUT2D eigenvalue weighted by Crippen LogP contribution is 2.23. The minimum Gasteiger partial charge on any atom is -0.318 e. The average Bonchev–Trinajstić information content (AvgIpc) is 2.37. The van der Waals surface area contributed by atoms with Crippen LogP contribution in [0.5, 0.6) is 0 Å². The van der Waals surface area contributed by atoms with E-state index in [0.717, 1.165) is 5.56 Å². The number of carbonyl (C=O) groups excluding carboxylic acids is 1. The van der Waals surface area contributed by atoms with E-state index in [1.165, 1.54) is 18.3 Å². The summed E-state index contributed by atoms with van der Waals surface area (Å²) in [4.78, 5) is 20.6. The molecule has 0 spiro atoms. The third-order valence-corrected chi connectivity index (χ3v) is 2.14. The van der Waals surface area contributed by atoms with Gasteiger partial charge in [0.15, 0.2) is 0 Å². The first-order valence-electron chi connectivity index (χ1n) is 3.37. The molecule has 5 heteroatoms. The van der Waals surface area contributed by atoms with Crippen molar-refractivity contribution < 1.29 is 4.79 Å². The predicted molar refractivity (Wildman–Crippen MR) is 48.1 cm³/mol. The highest BCUT2D eigenvalue weighted by Gasteiger charge is 2.04. The van der Waals surface area contributed by atoms with Crippen LogP contribution in [-0.2, 0) is 11.3 Å². The number of hydrogen-bond acceptors (Lipinski definition) is 4. The molecule has 0 aliphatic carbocycles. The van der Waals surface area contributed by atoms with Gasteiger partial charge in [0.25, 0.3) is 0 Å². The van der Waals surface area contributed by atoms with Crippen molar-refractivity contribution in [1.29, 1.82) is 0 Å². The van der Waals surface area contributed by atoms with Crippen LogP contribution >= 0.6 is 11.3 Å². The summed E-state index contributed by atoms with van der Waals surface area (Å²) in [5, 5.41) is 7.89. The molecule has 0 saturated carbocycles. The van der Waals surface area contributed by atoms with Crippen LogP contribution in [0.2, 0.25) is 0 Å². The zero-order chi connectivity index (χ0) is 8.97. The maximum Gasteiger partial charge on any atom is 0.221 e. The summed E-state index contributed by atoms with van der Waals surface area (Å²) < 4.78 is 0. The van der Waals surface area contributed by atoms with Crippen molar-refractivity contribution in [2.45, 2.75) is 13.5 Å². The standard InChI is InChI=1S/C7H8N2O2S/c1-5(10)9-7-6(4-8-11)2-3-12-7/h2-3H,4H2,1H3,(H,9,10). The zero-order valence-corrected chi connectivity index (χ0v) is 7.35. The summed E-state index contributed by atoms with van der Waals surface area (Å²) in [7, 11) is 0. The van der Waals surface area contributed by atoms with Crippen molar-refractivity contribution >= 4 is 22.2 Å². The Kier molecular flexibility index (Phi) is 2.93. The second-order valence-corrected chi connectivity index (χ2v) is 3.16. The first-order valence-corrected chi connectivity index (χ1v) is 4.25. The fourth-order valence-corrected chi connectivity index (χ4v) is 1.65. The maximum atomic E-state index is 10.7. The Morgan fingerprint density at radius 1 is 1.75 bits per heavy atom. The highest BCUT2D eigenvalue weighted by atomic mass is 32.1. The number of amides is 1. The van der Waals surface area contributed by atoms with E-state index < -0.39 is 0 Å². The van der Waals surface area contributed by atoms with E-state index in [1.807, 2.05) is 5.38 Å². The maximum absolute atomic E-state index is 10.7. The molecule has 0 saturated heterocycles. The third kappa shape index (κ3) is 2.13. The zero-order valence-electron chi connectivity index (χ0n) is 6.53. The molecule has 0 aliphatic rings. The van der Waals surface area contributed by atoms with Crippen LogP contribution in [-0.4, -0.2) is 5.91 Å². The van der Waals surface area contributed by atoms with E-state index in [4.69, 9.17) is 0 Å². The van der Waals surface area contributed by atoms with Gasteiger partial charge in [-0.05, 0) is 11.4 Å². The Labute approximate surface area is 73.6 Å². The molecule has 1 heterocycles. The molecular weight excluding hydrogens is 176 g/mol. The number of nitrogens with zero attached hydrogens (tertiary/aromatic N) is 1. The molecule has 1 aromatic heterocycles. The third-order valence-electron chi connectivity index (χ3n) is 1.27. The molecule has 0 bridgehead atoms. The van der Waals surface area contributed by atoms with Gasteiger partial charge in [0.05, 0.1) is 0 Å². The number of carbonyl (C=O) groups is 1. The van der Waals surface area contributed by atoms with Gasteiger partial charge in [-0.25, -0.2) is 0 Å². The second-order valence-electron chi connectivity index (χ2n) is 2.24. The number of rotatable bonds is 3. The average molecular weight is 184 g/mol. The number of thiophene rings is 1. The Hall–Kier alpha value is -1.23. The first-order chi connectivity index (χ1) is 5.74. The molecule has 0 unspecified atom stereocenters. The van der Waals surface area contributed by atoms with Gasteiger partial charge < -0.3 is 5.32 Å². The number of anilines is 1. The van der Waals surface area contributed by atoms with Crippen molar-refractivity contribution in [2.24, 2.45) is 5.18 Å². The fourth-order valence-electron chi connectivity index (χ4n) is 0.799. The fraction of sp³-hybridized carbons (Fsp3) is 0.286. The molecule has 1 aromatic rings. The normalized spacial score (nSPS) is 9.42. The molecule has 0 fully saturated rings. The van der Waals surface area contributed by atoms with Crippen molar-refractivity contribution in [3.05, 3.63) is 21.9 Å². The molecule has 0 atom stereocenters. The highest BCUT2D eigenvalue weighted by molar-refractivity contribution is 7.14. The molecule has 0 aromatic carbocycles. The van der Waals surface area contributed by atoms with Gasteiger partial charge in [0, 0.05) is 12.5 Å². The Bertz CT molecular complexity index is 295. The summed E-state index contributed by atoms with van der Waals surface area (Å²) in [6, 6.07) is 1.78. The summed E-state index contributed by atoms with van der Waals surface area (Å²) >= 11 is 1.39. The van der Waals surface area contributed by atoms with Crippen LogP contribution in [0.25, 0.3) is 0 Å². The Morgan fingerprint density at radius 2 is 2.50 bits per heavy atom. The number of nitrogens with one attached hydrogen (secondary N) is 1. The second kappa shape index (κ2) is 3.96. The van der Waals surface area contributed by atoms with E-state index in [2.05, 4.69) is 10.5 Å². The molecule has 12 heavy (non-hydrogen) atoms. The minimum atomic E-state index is -0.135. The molecule has 0 radical (unpaired) electrons. The lowest BCUT2D eigenvalue weighted by Gasteiger charge is -1.98. The molecular formula is C7H8N2O2S. The van der Waals surface area contributed by atoms with E-state index in [-0.39, 0.29) is 12.5 Å². The van der Waals surface area contributed by atoms with Crippen LogP contribution in [0.15, 0.2) is 16.6 Å². The molecule has 1 N–H and O–H groups in total. The topological polar surface area (TPSA) is 58.5 Å². The van der Waals surface area contributed by atoms with Gasteiger partial charge in [-0.1, -0.05) is 5.18 Å². The molecule has 0 aliphatic heterocycles. The lowest BCUT2D eigenvalue weighted by molar-refractivity contribution is -0.114. The van der Waals surface area contributed by atoms with Gasteiger partial charge in [-0.15, -0.1) is 11.3 Å². The van der Waals surface area contributed by atoms with Crippen molar-refractivity contribution in [3.63, 3.8) is 0 Å². The van der Waals surface area contributed by atoms with Crippen molar-refractivity contribution in [1.82, 2.24) is 0 Å². The van der Waals surface area contributed by atoms with Crippen LogP contribution in [0.4, 0.5) is 5.00 Å². The molecule has 4 nitrogen and oxygen atoms in total. The van der Waals surface area contributed by atoms with Gasteiger partial charge >= 0.3 is 0 Å². The Morgan fingerprint density at radius 3 is 3.08 bits per heavy atom. The van der Waals surface area contributed by atoms with E-state index in [1.54, 1.807) is 6.07 Å². The lowest BCUT2D eigenvalue weighted by atomic mass is 10.3. The molecule has 64 valence electrons. The largest absolute Gasteiger partial charge is 0.318 e. The summed E-state index contributed by atoms with van der Waals surface area (Å²) in [6.45, 7) is 1.54. The van der Waals surface area contributed by atoms with E-state index in [0.29, 0.717) is 5.00 Å². The van der Waals surface area contributed by atoms with Crippen molar-refractivity contribution in [3.8, 4) is 0 Å². The van der Waals surface area contributed by atoms with Gasteiger partial charge in [0.1, 0.15) is 11.5 Å². The first kappa shape index (κ1) is 8.86. The van der Waals surface area contributed by atoms with Crippen LogP contribution in [0, 0.1) is 4.91 Å². The number of nitroso groups, excluding NO2 is 1. The summed E-state index contributed by atoms with van der Waals surface area (Å²) in [5.74, 6) is -0.135. The van der Waals surface area contributed by atoms with Gasteiger partial charge in [-0.2, -0.15) is 4.91 Å². The minimum absolute atomic E-state index is 0.110. The number of hydrogen-bond donors (Lipinski definition) is 1. The lowest BCUT2D eigenvalue weighted by Crippen LogP contribution is -2.05. The van der Waals surface area contributed by atoms with E-state index in [9.17, 15) is 9.70 Å². The van der Waals surface area contributed by atoms with Gasteiger partial charge in [-0.3, -0.25) is 4.79 Å². The quantitative estimate of drug-likeness (QED) is 0.730. The summed E-state index contributed by atoms with van der Waals surface area (Å²) in [5.41, 5.74) is 0.769. The monoisotopic (exact) mass is 184 g/mol. The predicted octanol–water partition coefficient (Wildman–Crippen LogP) is 1.97. The van der Waals surface area contributed by atoms with Crippen LogP contribution in [0.3, 0.4) is 0 Å². The van der Waals surface area contributed by atoms with Gasteiger partial charge in [0.2, 0.25) is 5.91 Å². The van der Waals surface area contributed by atoms with Crippen molar-refractivity contribution in [2.75, 3.05) is 5.32 Å². The molecule has 1 rings (SSSR count). The SMILES string of the molecule is CC(=O)Nc1sccc1CN=O.